The molecule has 0 radical (unpaired) electrons. The molecule has 1 heterocycles. The van der Waals surface area contributed by atoms with Crippen molar-refractivity contribution >= 4 is 29.1 Å². The molecule has 3 aromatic rings. The van der Waals surface area contributed by atoms with E-state index >= 15 is 0 Å². The number of anilines is 3. The van der Waals surface area contributed by atoms with Gasteiger partial charge in [-0.25, -0.2) is 14.8 Å². The molecule has 0 fully saturated rings. The van der Waals surface area contributed by atoms with Crippen LogP contribution in [0.25, 0.3) is 0 Å². The predicted molar refractivity (Wildman–Crippen MR) is 102 cm³/mol. The van der Waals surface area contributed by atoms with Gasteiger partial charge in [0, 0.05) is 17.4 Å². The molecule has 136 valence electrons. The molecule has 0 aliphatic heterocycles. The molecule has 0 unspecified atom stereocenters. The maximum absolute atomic E-state index is 12.4. The van der Waals surface area contributed by atoms with Gasteiger partial charge in [0.2, 0.25) is 0 Å². The van der Waals surface area contributed by atoms with E-state index in [0.29, 0.717) is 17.1 Å². The molecule has 1 amide bonds. The van der Waals surface area contributed by atoms with E-state index in [4.69, 9.17) is 0 Å². The third-order valence-corrected chi connectivity index (χ3v) is 3.75. The number of esters is 1. The zero-order valence-electron chi connectivity index (χ0n) is 14.9. The third-order valence-electron chi connectivity index (χ3n) is 3.75. The van der Waals surface area contributed by atoms with Crippen LogP contribution in [0.15, 0.2) is 60.9 Å². The van der Waals surface area contributed by atoms with Gasteiger partial charge in [-0.05, 0) is 48.9 Å². The van der Waals surface area contributed by atoms with E-state index in [1.807, 2.05) is 31.2 Å². The van der Waals surface area contributed by atoms with Crippen LogP contribution in [0, 0.1) is 6.92 Å². The highest BCUT2D eigenvalue weighted by atomic mass is 16.5. The normalized spacial score (nSPS) is 10.1. The minimum absolute atomic E-state index is 0.220. The summed E-state index contributed by atoms with van der Waals surface area (Å²) in [5.41, 5.74) is 3.15. The molecule has 0 atom stereocenters. The highest BCUT2D eigenvalue weighted by Gasteiger charge is 2.11. The van der Waals surface area contributed by atoms with Crippen molar-refractivity contribution in [2.45, 2.75) is 6.92 Å². The lowest BCUT2D eigenvalue weighted by Crippen LogP contribution is -2.14. The Bertz CT molecular complexity index is 971. The molecule has 0 bridgehead atoms. The van der Waals surface area contributed by atoms with Crippen LogP contribution in [0.3, 0.4) is 0 Å². The van der Waals surface area contributed by atoms with Crippen LogP contribution >= 0.6 is 0 Å². The summed E-state index contributed by atoms with van der Waals surface area (Å²) >= 11 is 0. The molecular formula is C20H18N4O3. The van der Waals surface area contributed by atoms with Crippen LogP contribution in [0.5, 0.6) is 0 Å². The number of benzene rings is 2. The number of rotatable bonds is 5. The molecule has 0 aliphatic carbocycles. The Kier molecular flexibility index (Phi) is 5.41. The second-order valence-corrected chi connectivity index (χ2v) is 5.81. The number of hydrogen-bond acceptors (Lipinski definition) is 6. The van der Waals surface area contributed by atoms with Crippen LogP contribution in [-0.4, -0.2) is 29.0 Å². The number of hydrogen-bond donors (Lipinski definition) is 2. The largest absolute Gasteiger partial charge is 0.465 e. The predicted octanol–water partition coefficient (Wildman–Crippen LogP) is 3.57. The average Bonchev–Trinajstić information content (AvgIpc) is 2.68. The van der Waals surface area contributed by atoms with Crippen LogP contribution < -0.4 is 10.6 Å². The van der Waals surface area contributed by atoms with Gasteiger partial charge in [0.25, 0.3) is 5.91 Å². The smallest absolute Gasteiger partial charge is 0.337 e. The molecule has 2 aromatic carbocycles. The van der Waals surface area contributed by atoms with Crippen molar-refractivity contribution in [3.63, 3.8) is 0 Å². The number of aryl methyl sites for hydroxylation is 1. The highest BCUT2D eigenvalue weighted by Crippen LogP contribution is 2.17. The van der Waals surface area contributed by atoms with Crippen molar-refractivity contribution in [2.24, 2.45) is 0 Å². The van der Waals surface area contributed by atoms with Crippen LogP contribution in [-0.2, 0) is 4.74 Å². The quantitative estimate of drug-likeness (QED) is 0.674. The Morgan fingerprint density at radius 3 is 2.44 bits per heavy atom. The Morgan fingerprint density at radius 1 is 0.963 bits per heavy atom. The lowest BCUT2D eigenvalue weighted by molar-refractivity contribution is 0.0600. The maximum Gasteiger partial charge on any atom is 0.337 e. The van der Waals surface area contributed by atoms with Crippen LogP contribution in [0.4, 0.5) is 17.2 Å². The van der Waals surface area contributed by atoms with E-state index in [9.17, 15) is 9.59 Å². The molecule has 0 saturated carbocycles. The van der Waals surface area contributed by atoms with Gasteiger partial charge in [-0.3, -0.25) is 4.79 Å². The molecule has 0 spiro atoms. The Balaban J connectivity index is 1.70. The molecule has 7 heteroatoms. The van der Waals surface area contributed by atoms with E-state index < -0.39 is 5.97 Å². The van der Waals surface area contributed by atoms with E-state index in [-0.39, 0.29) is 11.6 Å². The fraction of sp³-hybridized carbons (Fsp3) is 0.100. The van der Waals surface area contributed by atoms with Crippen molar-refractivity contribution in [3.05, 3.63) is 77.7 Å². The number of nitrogens with one attached hydrogen (secondary N) is 2. The fourth-order valence-corrected chi connectivity index (χ4v) is 2.42. The summed E-state index contributed by atoms with van der Waals surface area (Å²) < 4.78 is 4.65. The van der Waals surface area contributed by atoms with E-state index in [2.05, 4.69) is 25.3 Å². The summed E-state index contributed by atoms with van der Waals surface area (Å²) in [6.07, 6.45) is 1.33. The lowest BCUT2D eigenvalue weighted by atomic mass is 10.2. The van der Waals surface area contributed by atoms with Crippen LogP contribution in [0.1, 0.15) is 26.4 Å². The molecule has 0 saturated heterocycles. The van der Waals surface area contributed by atoms with Gasteiger partial charge in [-0.1, -0.05) is 12.1 Å². The van der Waals surface area contributed by atoms with Crippen molar-refractivity contribution in [3.8, 4) is 0 Å². The summed E-state index contributed by atoms with van der Waals surface area (Å²) in [6, 6.07) is 15.8. The van der Waals surface area contributed by atoms with Gasteiger partial charge in [0.1, 0.15) is 17.8 Å². The van der Waals surface area contributed by atoms with Gasteiger partial charge in [-0.2, -0.15) is 0 Å². The second-order valence-electron chi connectivity index (χ2n) is 5.81. The van der Waals surface area contributed by atoms with Crippen molar-refractivity contribution < 1.29 is 14.3 Å². The van der Waals surface area contributed by atoms with E-state index in [0.717, 1.165) is 11.3 Å². The number of nitrogens with zero attached hydrogens (tertiary/aromatic N) is 2. The molecule has 27 heavy (non-hydrogen) atoms. The zero-order valence-corrected chi connectivity index (χ0v) is 14.9. The summed E-state index contributed by atoms with van der Waals surface area (Å²) in [6.45, 7) is 2.00. The number of methoxy groups -OCH3 is 1. The molecule has 2 N–H and O–H groups in total. The molecule has 0 aliphatic rings. The number of aromatic nitrogens is 2. The highest BCUT2D eigenvalue weighted by molar-refractivity contribution is 6.03. The first kappa shape index (κ1) is 18.1. The monoisotopic (exact) mass is 362 g/mol. The number of carbonyl (C=O) groups excluding carboxylic acids is 2. The summed E-state index contributed by atoms with van der Waals surface area (Å²) in [7, 11) is 1.31. The molecule has 3 rings (SSSR count). The lowest BCUT2D eigenvalue weighted by Gasteiger charge is -2.08. The minimum atomic E-state index is -0.435. The van der Waals surface area contributed by atoms with Gasteiger partial charge in [0.05, 0.1) is 12.7 Å². The standard InChI is InChI=1S/C20H18N4O3/c1-13-4-3-5-16(10-13)23-18-11-17(21-12-22-18)19(25)24-15-8-6-14(7-9-15)20(26)27-2/h3-12H,1-2H3,(H,24,25)(H,21,22,23). The Hall–Kier alpha value is -3.74. The first-order valence-electron chi connectivity index (χ1n) is 8.20. The van der Waals surface area contributed by atoms with Crippen molar-refractivity contribution in [1.29, 1.82) is 0 Å². The van der Waals surface area contributed by atoms with Crippen LogP contribution in [0.2, 0.25) is 0 Å². The van der Waals surface area contributed by atoms with Gasteiger partial charge >= 0.3 is 5.97 Å². The van der Waals surface area contributed by atoms with Gasteiger partial charge < -0.3 is 15.4 Å². The van der Waals surface area contributed by atoms with E-state index in [1.54, 1.807) is 30.3 Å². The van der Waals surface area contributed by atoms with Gasteiger partial charge in [0.15, 0.2) is 0 Å². The summed E-state index contributed by atoms with van der Waals surface area (Å²) in [5, 5.41) is 5.88. The zero-order chi connectivity index (χ0) is 19.2. The summed E-state index contributed by atoms with van der Waals surface area (Å²) in [4.78, 5) is 32.0. The molecular weight excluding hydrogens is 344 g/mol. The third kappa shape index (κ3) is 4.66. The molecule has 7 nitrogen and oxygen atoms in total. The SMILES string of the molecule is COC(=O)c1ccc(NC(=O)c2cc(Nc3cccc(C)c3)ncn2)cc1. The summed E-state index contributed by atoms with van der Waals surface area (Å²) in [5.74, 6) is -0.298. The Morgan fingerprint density at radius 2 is 1.74 bits per heavy atom. The first-order valence-corrected chi connectivity index (χ1v) is 8.20. The maximum atomic E-state index is 12.4. The first-order chi connectivity index (χ1) is 13.0. The minimum Gasteiger partial charge on any atom is -0.465 e. The Labute approximate surface area is 156 Å². The number of amides is 1. The average molecular weight is 362 g/mol. The molecule has 1 aromatic heterocycles. The van der Waals surface area contributed by atoms with Crippen molar-refractivity contribution in [1.82, 2.24) is 9.97 Å². The van der Waals surface area contributed by atoms with Crippen molar-refractivity contribution in [2.75, 3.05) is 17.7 Å². The second kappa shape index (κ2) is 8.09. The fourth-order valence-electron chi connectivity index (χ4n) is 2.42. The van der Waals surface area contributed by atoms with Gasteiger partial charge in [-0.15, -0.1) is 0 Å². The number of ether oxygens (including phenoxy) is 1. The topological polar surface area (TPSA) is 93.2 Å². The number of carbonyl (C=O) groups is 2. The van der Waals surface area contributed by atoms with E-state index in [1.165, 1.54) is 13.4 Å².